The monoisotopic (exact) mass is 582 g/mol. The number of hydrogen-bond donors (Lipinski definition) is 3. The summed E-state index contributed by atoms with van der Waals surface area (Å²) in [5, 5.41) is 36.9. The van der Waals surface area contributed by atoms with Crippen molar-refractivity contribution < 1.29 is 34.4 Å². The van der Waals surface area contributed by atoms with Crippen molar-refractivity contribution in [3.63, 3.8) is 0 Å². The molecular formula is C35H50O7. The molecule has 0 radical (unpaired) electrons. The fourth-order valence-electron chi connectivity index (χ4n) is 10.7. The summed E-state index contributed by atoms with van der Waals surface area (Å²) in [5.41, 5.74) is -4.17. The van der Waals surface area contributed by atoms with Gasteiger partial charge < -0.3 is 24.8 Å². The van der Waals surface area contributed by atoms with Crippen molar-refractivity contribution in [2.24, 2.45) is 33.5 Å². The number of cyclic esters (lactones) is 1. The molecule has 2 bridgehead atoms. The SMILES string of the molecule is C[C@@]1(C2CCCCC2)CC[C@H](O)[C@@]2(CO)[C@H]1[C@H]1C[C@](C)(C#CCC3(CCCCC3)C(=O)O1)[C@]2(O)CCC1=CC(=O)OC1. The second kappa shape index (κ2) is 10.9. The first-order chi connectivity index (χ1) is 20.0. The summed E-state index contributed by atoms with van der Waals surface area (Å²) in [6.07, 6.45) is 12.7. The van der Waals surface area contributed by atoms with Crippen molar-refractivity contribution in [2.45, 2.75) is 134 Å². The van der Waals surface area contributed by atoms with Gasteiger partial charge in [-0.15, -0.1) is 5.92 Å². The van der Waals surface area contributed by atoms with Gasteiger partial charge in [0.2, 0.25) is 0 Å². The Labute approximate surface area is 250 Å². The van der Waals surface area contributed by atoms with Crippen molar-refractivity contribution in [2.75, 3.05) is 13.2 Å². The van der Waals surface area contributed by atoms with Gasteiger partial charge in [0.25, 0.3) is 0 Å². The van der Waals surface area contributed by atoms with Crippen LogP contribution in [-0.2, 0) is 19.1 Å². The van der Waals surface area contributed by atoms with Crippen LogP contribution >= 0.6 is 0 Å². The first kappa shape index (κ1) is 30.2. The van der Waals surface area contributed by atoms with E-state index in [1.54, 1.807) is 0 Å². The molecule has 0 saturated heterocycles. The molecule has 0 amide bonds. The molecule has 0 aromatic carbocycles. The van der Waals surface area contributed by atoms with E-state index in [9.17, 15) is 24.9 Å². The third kappa shape index (κ3) is 4.41. The first-order valence-electron chi connectivity index (χ1n) is 16.6. The zero-order valence-electron chi connectivity index (χ0n) is 25.6. The molecule has 7 atom stereocenters. The van der Waals surface area contributed by atoms with E-state index >= 15 is 0 Å². The summed E-state index contributed by atoms with van der Waals surface area (Å²) < 4.78 is 11.9. The summed E-state index contributed by atoms with van der Waals surface area (Å²) >= 11 is 0. The Morgan fingerprint density at radius 3 is 2.38 bits per heavy atom. The number of aliphatic hydroxyl groups excluding tert-OH is 2. The van der Waals surface area contributed by atoms with Crippen LogP contribution in [0, 0.1) is 45.3 Å². The lowest BCUT2D eigenvalue weighted by Gasteiger charge is -2.70. The molecule has 3 N–H and O–H groups in total. The average molecular weight is 583 g/mol. The molecule has 0 unspecified atom stereocenters. The normalized spacial score (nSPS) is 43.5. The van der Waals surface area contributed by atoms with Crippen molar-refractivity contribution in [3.8, 4) is 11.8 Å². The van der Waals surface area contributed by atoms with Crippen molar-refractivity contribution in [1.82, 2.24) is 0 Å². The first-order valence-corrected chi connectivity index (χ1v) is 16.6. The van der Waals surface area contributed by atoms with Crippen LogP contribution in [0.15, 0.2) is 11.6 Å². The third-order valence-corrected chi connectivity index (χ3v) is 13.1. The number of fused-ring (bicyclic) bond motifs is 4. The summed E-state index contributed by atoms with van der Waals surface area (Å²) in [6, 6.07) is 0. The summed E-state index contributed by atoms with van der Waals surface area (Å²) in [4.78, 5) is 26.1. The lowest BCUT2D eigenvalue weighted by atomic mass is 9.36. The second-order valence-corrected chi connectivity index (χ2v) is 15.1. The lowest BCUT2D eigenvalue weighted by Crippen LogP contribution is -2.77. The minimum Gasteiger partial charge on any atom is -0.462 e. The Kier molecular flexibility index (Phi) is 7.85. The number of aliphatic hydroxyl groups is 3. The standard InChI is InChI=1S/C35H50O7/c1-31-14-9-17-33(15-7-4-8-16-33)30(39)42-26(21-31)29-32(2,25-10-5-3-6-11-25)18-13-27(37)34(29,23-36)35(31,40)19-12-24-20-28(38)41-22-24/h20,25-27,29,36-37,40H,3-8,10-13,15-19,21-23H2,1-2H3/t26-,27+,29+,31+,32+,34+,35-/m1/s1. The van der Waals surface area contributed by atoms with Gasteiger partial charge >= 0.3 is 11.9 Å². The van der Waals surface area contributed by atoms with Gasteiger partial charge in [0.05, 0.1) is 34.6 Å². The maximum atomic E-state index is 14.2. The minimum absolute atomic E-state index is 0.180. The molecule has 2 aliphatic heterocycles. The molecule has 6 rings (SSSR count). The number of esters is 2. The molecule has 4 fully saturated rings. The zero-order valence-corrected chi connectivity index (χ0v) is 25.6. The number of carbonyl (C=O) groups excluding carboxylic acids is 2. The van der Waals surface area contributed by atoms with E-state index in [2.05, 4.69) is 18.8 Å². The van der Waals surface area contributed by atoms with Gasteiger partial charge in [-0.2, -0.15) is 0 Å². The molecule has 0 aromatic rings. The molecular weight excluding hydrogens is 532 g/mol. The number of carbonyl (C=O) groups is 2. The van der Waals surface area contributed by atoms with Gasteiger partial charge in [-0.25, -0.2) is 4.79 Å². The highest BCUT2D eigenvalue weighted by Gasteiger charge is 2.75. The van der Waals surface area contributed by atoms with E-state index in [0.29, 0.717) is 31.6 Å². The van der Waals surface area contributed by atoms with Gasteiger partial charge in [0, 0.05) is 24.8 Å². The van der Waals surface area contributed by atoms with Crippen LogP contribution in [-0.4, -0.2) is 58.3 Å². The second-order valence-electron chi connectivity index (χ2n) is 15.1. The zero-order chi connectivity index (χ0) is 29.8. The Balaban J connectivity index is 1.52. The highest BCUT2D eigenvalue weighted by atomic mass is 16.5. The summed E-state index contributed by atoms with van der Waals surface area (Å²) in [5.74, 6) is 6.22. The molecule has 4 saturated carbocycles. The van der Waals surface area contributed by atoms with E-state index in [1.165, 1.54) is 12.5 Å². The molecule has 42 heavy (non-hydrogen) atoms. The van der Waals surface area contributed by atoms with E-state index in [-0.39, 0.29) is 30.4 Å². The van der Waals surface area contributed by atoms with Crippen LogP contribution in [0.4, 0.5) is 0 Å². The van der Waals surface area contributed by atoms with Crippen LogP contribution < -0.4 is 0 Å². The fourth-order valence-corrected chi connectivity index (χ4v) is 10.7. The van der Waals surface area contributed by atoms with E-state index in [0.717, 1.165) is 69.8 Å². The van der Waals surface area contributed by atoms with Crippen LogP contribution in [0.1, 0.15) is 117 Å². The maximum Gasteiger partial charge on any atom is 0.331 e. The largest absolute Gasteiger partial charge is 0.462 e. The van der Waals surface area contributed by atoms with Crippen molar-refractivity contribution in [3.05, 3.63) is 11.6 Å². The highest BCUT2D eigenvalue weighted by molar-refractivity contribution is 5.85. The summed E-state index contributed by atoms with van der Waals surface area (Å²) in [7, 11) is 0. The minimum atomic E-state index is -1.60. The van der Waals surface area contributed by atoms with Crippen LogP contribution in [0.3, 0.4) is 0 Å². The van der Waals surface area contributed by atoms with Crippen molar-refractivity contribution in [1.29, 1.82) is 0 Å². The van der Waals surface area contributed by atoms with E-state index in [4.69, 9.17) is 9.47 Å². The quantitative estimate of drug-likeness (QED) is 0.309. The maximum absolute atomic E-state index is 14.2. The molecule has 1 spiro atoms. The van der Waals surface area contributed by atoms with Crippen LogP contribution in [0.2, 0.25) is 0 Å². The fraction of sp³-hybridized carbons (Fsp3) is 0.829. The average Bonchev–Trinajstić information content (AvgIpc) is 3.42. The summed E-state index contributed by atoms with van der Waals surface area (Å²) in [6.45, 7) is 3.99. The Hall–Kier alpha value is -1.88. The lowest BCUT2D eigenvalue weighted by molar-refractivity contribution is -0.321. The van der Waals surface area contributed by atoms with Gasteiger partial charge in [-0.1, -0.05) is 51.4 Å². The Morgan fingerprint density at radius 1 is 1.00 bits per heavy atom. The van der Waals surface area contributed by atoms with Gasteiger partial charge in [0.15, 0.2) is 0 Å². The predicted molar refractivity (Wildman–Crippen MR) is 157 cm³/mol. The van der Waals surface area contributed by atoms with Crippen LogP contribution in [0.25, 0.3) is 0 Å². The number of hydrogen-bond acceptors (Lipinski definition) is 7. The smallest absolute Gasteiger partial charge is 0.331 e. The predicted octanol–water partition coefficient (Wildman–Crippen LogP) is 5.00. The number of rotatable bonds is 5. The Bertz CT molecular complexity index is 1170. The topological polar surface area (TPSA) is 113 Å². The molecule has 2 heterocycles. The van der Waals surface area contributed by atoms with Crippen LogP contribution in [0.5, 0.6) is 0 Å². The molecule has 7 heteroatoms. The van der Waals surface area contributed by atoms with Gasteiger partial charge in [-0.05, 0) is 75.2 Å². The molecule has 6 aliphatic rings. The molecule has 4 aliphatic carbocycles. The van der Waals surface area contributed by atoms with Gasteiger partial charge in [0.1, 0.15) is 12.7 Å². The third-order valence-electron chi connectivity index (χ3n) is 13.1. The number of ether oxygens (including phenoxy) is 2. The highest BCUT2D eigenvalue weighted by Crippen LogP contribution is 2.70. The molecule has 0 aromatic heterocycles. The van der Waals surface area contributed by atoms with E-state index < -0.39 is 46.6 Å². The molecule has 7 nitrogen and oxygen atoms in total. The molecule has 232 valence electrons. The van der Waals surface area contributed by atoms with Crippen molar-refractivity contribution >= 4 is 11.9 Å². The van der Waals surface area contributed by atoms with Gasteiger partial charge in [-0.3, -0.25) is 4.79 Å². The van der Waals surface area contributed by atoms with E-state index in [1.807, 2.05) is 6.92 Å². The Morgan fingerprint density at radius 2 is 1.71 bits per heavy atom.